The van der Waals surface area contributed by atoms with Crippen LogP contribution in [0, 0.1) is 0 Å². The molecule has 37 heavy (non-hydrogen) atoms. The highest BCUT2D eigenvalue weighted by atomic mass is 16.5. The zero-order valence-electron chi connectivity index (χ0n) is 21.9. The number of allylic oxidation sites excluding steroid dienone is 2. The lowest BCUT2D eigenvalue weighted by Crippen LogP contribution is -2.64. The molecule has 1 fully saturated rings. The monoisotopic (exact) mass is 514 g/mol. The summed E-state index contributed by atoms with van der Waals surface area (Å²) in [6.07, 6.45) is 6.17. The van der Waals surface area contributed by atoms with Gasteiger partial charge in [0.15, 0.2) is 0 Å². The quantitative estimate of drug-likeness (QED) is 0.373. The molecule has 0 aromatic heterocycles. The Morgan fingerprint density at radius 3 is 2.89 bits per heavy atom. The molecule has 3 unspecified atom stereocenters. The summed E-state index contributed by atoms with van der Waals surface area (Å²) >= 11 is 0. The summed E-state index contributed by atoms with van der Waals surface area (Å²) in [4.78, 5) is 29.1. The van der Waals surface area contributed by atoms with Crippen molar-refractivity contribution in [2.45, 2.75) is 31.3 Å². The topological polar surface area (TPSA) is 129 Å². The minimum absolute atomic E-state index is 0.229. The molecule has 1 aliphatic carbocycles. The van der Waals surface area contributed by atoms with Crippen LogP contribution in [0.5, 0.6) is 0 Å². The van der Waals surface area contributed by atoms with Gasteiger partial charge in [0, 0.05) is 57.2 Å². The summed E-state index contributed by atoms with van der Waals surface area (Å²) in [5, 5.41) is 6.09. The van der Waals surface area contributed by atoms with E-state index in [1.807, 2.05) is 35.9 Å². The van der Waals surface area contributed by atoms with Gasteiger partial charge >= 0.3 is 0 Å². The van der Waals surface area contributed by atoms with Gasteiger partial charge in [0.05, 0.1) is 26.4 Å². The zero-order chi connectivity index (χ0) is 26.0. The summed E-state index contributed by atoms with van der Waals surface area (Å²) in [7, 11) is 3.53. The number of likely N-dealkylation sites (N-methyl/N-ethyl adjacent to an activating group) is 1. The maximum Gasteiger partial charge on any atom is 0.256 e. The third-order valence-corrected chi connectivity index (χ3v) is 7.43. The number of carbonyl (C=O) groups excluding carboxylic acids is 1. The van der Waals surface area contributed by atoms with Crippen molar-refractivity contribution in [1.82, 2.24) is 25.3 Å². The van der Waals surface area contributed by atoms with Gasteiger partial charge < -0.3 is 19.5 Å². The second kappa shape index (κ2) is 10.9. The van der Waals surface area contributed by atoms with Crippen LogP contribution in [0.3, 0.4) is 0 Å². The van der Waals surface area contributed by atoms with E-state index >= 15 is 0 Å². The number of carbonyl (C=O) groups is 1. The Hall–Kier alpha value is -2.77. The summed E-state index contributed by atoms with van der Waals surface area (Å²) in [5.41, 5.74) is 7.73. The molecule has 12 nitrogen and oxygen atoms in total. The van der Waals surface area contributed by atoms with Crippen molar-refractivity contribution in [1.29, 1.82) is 0 Å². The van der Waals surface area contributed by atoms with E-state index in [9.17, 15) is 4.79 Å². The fourth-order valence-electron chi connectivity index (χ4n) is 5.04. The normalized spacial score (nSPS) is 30.2. The van der Waals surface area contributed by atoms with Gasteiger partial charge in [-0.05, 0) is 32.5 Å². The maximum atomic E-state index is 13.2. The number of methoxy groups -OCH3 is 1. The third kappa shape index (κ3) is 5.43. The van der Waals surface area contributed by atoms with Crippen molar-refractivity contribution in [2.75, 3.05) is 73.2 Å². The van der Waals surface area contributed by atoms with Crippen molar-refractivity contribution in [2.24, 2.45) is 15.7 Å². The smallest absolute Gasteiger partial charge is 0.256 e. The van der Waals surface area contributed by atoms with Crippen molar-refractivity contribution in [3.8, 4) is 0 Å². The average Bonchev–Trinajstić information content (AvgIpc) is 3.39. The lowest BCUT2D eigenvalue weighted by atomic mass is 9.92. The van der Waals surface area contributed by atoms with Gasteiger partial charge in [-0.1, -0.05) is 0 Å². The van der Waals surface area contributed by atoms with Crippen molar-refractivity contribution >= 4 is 17.7 Å². The van der Waals surface area contributed by atoms with Gasteiger partial charge in [-0.15, -0.1) is 0 Å². The van der Waals surface area contributed by atoms with Crippen LogP contribution < -0.4 is 16.4 Å². The second-order valence-corrected chi connectivity index (χ2v) is 10.0. The minimum Gasteiger partial charge on any atom is -0.495 e. The molecule has 4 N–H and O–H groups in total. The number of morpholine rings is 1. The maximum absolute atomic E-state index is 13.2. The Bertz CT molecular complexity index is 1040. The number of hydrogen-bond donors (Lipinski definition) is 3. The van der Waals surface area contributed by atoms with E-state index in [0.29, 0.717) is 37.8 Å². The number of guanidine groups is 1. The van der Waals surface area contributed by atoms with Crippen LogP contribution in [-0.2, 0) is 19.0 Å². The van der Waals surface area contributed by atoms with Crippen LogP contribution in [0.4, 0.5) is 0 Å². The molecule has 5 aliphatic rings. The second-order valence-electron chi connectivity index (χ2n) is 10.0. The number of rotatable bonds is 7. The van der Waals surface area contributed by atoms with Gasteiger partial charge in [-0.3, -0.25) is 35.5 Å². The van der Waals surface area contributed by atoms with Crippen LogP contribution >= 0.6 is 0 Å². The summed E-state index contributed by atoms with van der Waals surface area (Å²) in [6.45, 7) is 8.65. The Labute approximate surface area is 217 Å². The summed E-state index contributed by atoms with van der Waals surface area (Å²) < 4.78 is 17.5. The molecular formula is C25H38N8O4. The summed E-state index contributed by atoms with van der Waals surface area (Å²) in [6, 6.07) is -0.360. The molecule has 0 radical (unpaired) electrons. The highest BCUT2D eigenvalue weighted by Crippen LogP contribution is 2.32. The van der Waals surface area contributed by atoms with Crippen LogP contribution in [0.25, 0.3) is 0 Å². The first-order valence-corrected chi connectivity index (χ1v) is 12.9. The van der Waals surface area contributed by atoms with E-state index in [-0.39, 0.29) is 11.9 Å². The van der Waals surface area contributed by atoms with Crippen molar-refractivity contribution in [3.63, 3.8) is 0 Å². The van der Waals surface area contributed by atoms with E-state index in [2.05, 4.69) is 15.5 Å². The highest BCUT2D eigenvalue weighted by molar-refractivity contribution is 6.17. The third-order valence-electron chi connectivity index (χ3n) is 7.43. The Morgan fingerprint density at radius 2 is 2.14 bits per heavy atom. The van der Waals surface area contributed by atoms with Crippen LogP contribution in [0.1, 0.15) is 13.3 Å². The number of ether oxygens (including phenoxy) is 3. The molecule has 4 heterocycles. The molecule has 0 bridgehead atoms. The van der Waals surface area contributed by atoms with E-state index in [1.165, 1.54) is 0 Å². The fourth-order valence-corrected chi connectivity index (χ4v) is 5.04. The molecule has 1 amide bonds. The molecule has 1 saturated heterocycles. The fraction of sp³-hybridized carbons (Fsp3) is 0.640. The number of amides is 1. The lowest BCUT2D eigenvalue weighted by molar-refractivity contribution is -0.116. The van der Waals surface area contributed by atoms with Gasteiger partial charge in [-0.25, -0.2) is 4.99 Å². The lowest BCUT2D eigenvalue weighted by Gasteiger charge is -2.40. The Balaban J connectivity index is 1.28. The number of fused-ring (bicyclic) bond motifs is 3. The number of hydrogen-bond acceptors (Lipinski definition) is 11. The molecule has 0 spiro atoms. The van der Waals surface area contributed by atoms with Crippen LogP contribution in [0.2, 0.25) is 0 Å². The Morgan fingerprint density at radius 1 is 1.32 bits per heavy atom. The molecular weight excluding hydrogens is 476 g/mol. The first-order valence-electron chi connectivity index (χ1n) is 12.9. The van der Waals surface area contributed by atoms with E-state index in [1.54, 1.807) is 13.3 Å². The molecule has 4 aliphatic heterocycles. The number of amidine groups is 1. The van der Waals surface area contributed by atoms with Crippen molar-refractivity contribution < 1.29 is 19.0 Å². The number of aliphatic imine (C=N–C) groups is 2. The zero-order valence-corrected chi connectivity index (χ0v) is 21.9. The molecule has 202 valence electrons. The van der Waals surface area contributed by atoms with Gasteiger partial charge in [0.2, 0.25) is 5.96 Å². The predicted molar refractivity (Wildman–Crippen MR) is 140 cm³/mol. The van der Waals surface area contributed by atoms with Gasteiger partial charge in [0.1, 0.15) is 29.5 Å². The number of nitrogens with two attached hydrogens (primary N) is 1. The predicted octanol–water partition coefficient (Wildman–Crippen LogP) is -0.816. The molecule has 5 rings (SSSR count). The van der Waals surface area contributed by atoms with Crippen molar-refractivity contribution in [3.05, 3.63) is 35.3 Å². The molecule has 12 heteroatoms. The van der Waals surface area contributed by atoms with Crippen LogP contribution in [-0.4, -0.2) is 124 Å². The molecule has 0 saturated carbocycles. The molecule has 0 aromatic carbocycles. The first kappa shape index (κ1) is 25.9. The summed E-state index contributed by atoms with van der Waals surface area (Å²) in [5.74, 6) is 1.10. The van der Waals surface area contributed by atoms with E-state index in [0.717, 1.165) is 56.4 Å². The standard InChI is InChI=1S/C25H38N8O4/c1-25(26)28-15-17(16-31(25)2)23(34)30-24-29-20-18(22-27-7-9-33(22)24)5-6-19(21(20)35-3)37-12-4-8-32-10-13-36-14-11-32/h5-6,15,20-21,28H,4,7-14,16,26H2,1-3H3,(H,29,30,34). The molecule has 0 aromatic rings. The highest BCUT2D eigenvalue weighted by Gasteiger charge is 2.42. The number of nitrogens with zero attached hydrogens (tertiary/aromatic N) is 5. The van der Waals surface area contributed by atoms with Gasteiger partial charge in [0.25, 0.3) is 5.91 Å². The molecule has 3 atom stereocenters. The van der Waals surface area contributed by atoms with E-state index < -0.39 is 11.9 Å². The van der Waals surface area contributed by atoms with Crippen LogP contribution in [0.15, 0.2) is 45.2 Å². The number of nitrogens with one attached hydrogen (secondary N) is 2. The first-order chi connectivity index (χ1) is 17.9. The largest absolute Gasteiger partial charge is 0.495 e. The SMILES string of the molecule is COC1C(OCCCN2CCOCC2)=CC=C2C3=NCCN3C(NC(=O)C3=CNC(C)(N)N(C)C3)=NC21. The van der Waals surface area contributed by atoms with E-state index in [4.69, 9.17) is 29.9 Å². The minimum atomic E-state index is -0.709. The Kier molecular flexibility index (Phi) is 7.63. The van der Waals surface area contributed by atoms with Gasteiger partial charge in [-0.2, -0.15) is 0 Å². The average molecular weight is 515 g/mol.